The van der Waals surface area contributed by atoms with Crippen LogP contribution in [0.4, 0.5) is 9.18 Å². The van der Waals surface area contributed by atoms with Gasteiger partial charge < -0.3 is 19.9 Å². The highest BCUT2D eigenvalue weighted by Gasteiger charge is 2.58. The summed E-state index contributed by atoms with van der Waals surface area (Å²) in [6.07, 6.45) is 2.11. The number of amides is 3. The van der Waals surface area contributed by atoms with Crippen LogP contribution in [0.2, 0.25) is 0 Å². The molecule has 0 aromatic rings. The number of alkyl halides is 2. The van der Waals surface area contributed by atoms with E-state index in [4.69, 9.17) is 16.3 Å². The molecule has 14 atom stereocenters. The van der Waals surface area contributed by atoms with Crippen LogP contribution in [0.25, 0.3) is 0 Å². The maximum atomic E-state index is 15.8. The molecule has 5 saturated heterocycles. The van der Waals surface area contributed by atoms with Gasteiger partial charge in [-0.25, -0.2) is 9.18 Å². The van der Waals surface area contributed by atoms with Crippen LogP contribution in [0.3, 0.4) is 0 Å². The van der Waals surface area contributed by atoms with Crippen molar-refractivity contribution >= 4 is 23.5 Å². The number of hydrogen-bond donors (Lipinski definition) is 4. The molecule has 1 saturated carbocycles. The first kappa shape index (κ1) is 29.6. The average molecular weight is 596 g/mol. The highest BCUT2D eigenvalue weighted by Crippen LogP contribution is 2.43. The van der Waals surface area contributed by atoms with Crippen molar-refractivity contribution in [2.24, 2.45) is 11.8 Å². The summed E-state index contributed by atoms with van der Waals surface area (Å²) in [5, 5.41) is 14.1. The fourth-order valence-corrected chi connectivity index (χ4v) is 9.32. The Hall–Kier alpha value is -1.50. The van der Waals surface area contributed by atoms with E-state index in [9.17, 15) is 9.59 Å². The second-order valence-electron chi connectivity index (χ2n) is 13.2. The van der Waals surface area contributed by atoms with E-state index >= 15 is 4.39 Å². The normalized spacial score (nSPS) is 48.9. The zero-order valence-corrected chi connectivity index (χ0v) is 25.4. The van der Waals surface area contributed by atoms with Crippen LogP contribution >= 0.6 is 11.6 Å². The zero-order valence-electron chi connectivity index (χ0n) is 24.6. The molecule has 6 aliphatic rings. The number of urea groups is 1. The number of piperidine rings is 1. The Labute approximate surface area is 248 Å². The van der Waals surface area contributed by atoms with Crippen molar-refractivity contribution in [2.75, 3.05) is 19.6 Å². The number of carbonyl (C=O) groups excluding carboxylic acids is 2. The van der Waals surface area contributed by atoms with Crippen LogP contribution in [0.5, 0.6) is 0 Å². The van der Waals surface area contributed by atoms with Crippen LogP contribution in [0, 0.1) is 11.8 Å². The minimum absolute atomic E-state index is 0.00196. The van der Waals surface area contributed by atoms with Crippen molar-refractivity contribution in [3.63, 3.8) is 0 Å². The van der Waals surface area contributed by atoms with Crippen molar-refractivity contribution in [2.45, 2.75) is 126 Å². The van der Waals surface area contributed by atoms with Gasteiger partial charge in [0.15, 0.2) is 0 Å². The van der Waals surface area contributed by atoms with E-state index in [0.29, 0.717) is 32.5 Å². The lowest BCUT2D eigenvalue weighted by molar-refractivity contribution is -0.144. The molecular formula is C29H47ClFN7O3. The fraction of sp³-hybridized carbons (Fsp3) is 0.862. The van der Waals surface area contributed by atoms with Gasteiger partial charge in [0.1, 0.15) is 6.17 Å². The van der Waals surface area contributed by atoms with Gasteiger partial charge >= 0.3 is 6.03 Å². The third-order valence-corrected chi connectivity index (χ3v) is 11.1. The lowest BCUT2D eigenvalue weighted by atomic mass is 9.73. The first-order valence-electron chi connectivity index (χ1n) is 15.6. The lowest BCUT2D eigenvalue weighted by Crippen LogP contribution is -2.82. The smallest absolute Gasteiger partial charge is 0.320 e. The molecule has 5 heterocycles. The molecule has 0 aromatic heterocycles. The Kier molecular flexibility index (Phi) is 8.32. The molecule has 10 nitrogen and oxygen atoms in total. The summed E-state index contributed by atoms with van der Waals surface area (Å²) < 4.78 is 22.5. The molecule has 2 bridgehead atoms. The number of hydrogen-bond acceptors (Lipinski definition) is 7. The fourth-order valence-electron chi connectivity index (χ4n) is 8.87. The van der Waals surface area contributed by atoms with Crippen molar-refractivity contribution in [3.05, 3.63) is 12.7 Å². The zero-order chi connectivity index (χ0) is 29.2. The second-order valence-corrected chi connectivity index (χ2v) is 13.8. The molecule has 0 spiro atoms. The summed E-state index contributed by atoms with van der Waals surface area (Å²) >= 11 is 7.19. The molecule has 1 aliphatic carbocycles. The summed E-state index contributed by atoms with van der Waals surface area (Å²) in [5.74, 6) is -0.477. The number of carbonyl (C=O) groups is 2. The monoisotopic (exact) mass is 595 g/mol. The van der Waals surface area contributed by atoms with E-state index < -0.39 is 6.17 Å². The van der Waals surface area contributed by atoms with Gasteiger partial charge in [-0.3, -0.25) is 25.6 Å². The van der Waals surface area contributed by atoms with Crippen molar-refractivity contribution < 1.29 is 18.7 Å². The SMILES string of the molecule is C=CC(=O)N1CCN(C2NC(=O)N3C4NC(C(Cl)CC42)C2C(F)CCCC2OC(C)C2NC(C)NC(C)C23)[C@@H](C)C1. The topological polar surface area (TPSA) is 101 Å². The lowest BCUT2D eigenvalue weighted by Gasteiger charge is -2.61. The number of piperazine rings is 1. The molecular weight excluding hydrogens is 549 g/mol. The Bertz CT molecular complexity index is 1020. The van der Waals surface area contributed by atoms with Gasteiger partial charge in [-0.2, -0.15) is 0 Å². The largest absolute Gasteiger partial charge is 0.373 e. The summed E-state index contributed by atoms with van der Waals surface area (Å²) in [6.45, 7) is 13.8. The van der Waals surface area contributed by atoms with Gasteiger partial charge in [0.2, 0.25) is 5.91 Å². The number of ether oxygens (including phenoxy) is 1. The minimum atomic E-state index is -1.01. The summed E-state index contributed by atoms with van der Waals surface area (Å²) in [7, 11) is 0. The van der Waals surface area contributed by atoms with Gasteiger partial charge in [-0.15, -0.1) is 11.6 Å². The molecule has 13 unspecified atom stereocenters. The average Bonchev–Trinajstić information content (AvgIpc) is 2.92. The van der Waals surface area contributed by atoms with Gasteiger partial charge in [0, 0.05) is 55.0 Å². The molecule has 230 valence electrons. The molecule has 4 N–H and O–H groups in total. The van der Waals surface area contributed by atoms with Crippen molar-refractivity contribution in [3.8, 4) is 0 Å². The molecule has 6 rings (SSSR count). The minimum Gasteiger partial charge on any atom is -0.373 e. The third-order valence-electron chi connectivity index (χ3n) is 10.7. The predicted octanol–water partition coefficient (Wildman–Crippen LogP) is 1.56. The van der Waals surface area contributed by atoms with Crippen molar-refractivity contribution in [1.82, 2.24) is 36.0 Å². The first-order chi connectivity index (χ1) is 19.6. The van der Waals surface area contributed by atoms with E-state index in [1.54, 1.807) is 0 Å². The number of nitrogens with zero attached hydrogens (tertiary/aromatic N) is 3. The van der Waals surface area contributed by atoms with Crippen molar-refractivity contribution in [1.29, 1.82) is 0 Å². The van der Waals surface area contributed by atoms with Crippen LogP contribution in [0.1, 0.15) is 53.4 Å². The molecule has 0 radical (unpaired) electrons. The molecule has 41 heavy (non-hydrogen) atoms. The van der Waals surface area contributed by atoms with E-state index in [-0.39, 0.29) is 90.1 Å². The third kappa shape index (κ3) is 5.18. The second kappa shape index (κ2) is 11.5. The van der Waals surface area contributed by atoms with E-state index in [1.807, 2.05) is 9.80 Å². The Morgan fingerprint density at radius 2 is 1.88 bits per heavy atom. The van der Waals surface area contributed by atoms with Crippen LogP contribution in [-0.2, 0) is 9.53 Å². The van der Waals surface area contributed by atoms with Crippen LogP contribution in [-0.4, -0.2) is 119 Å². The highest BCUT2D eigenvalue weighted by atomic mass is 35.5. The highest BCUT2D eigenvalue weighted by molar-refractivity contribution is 6.21. The first-order valence-corrected chi connectivity index (χ1v) is 16.0. The number of nitrogens with one attached hydrogen (secondary N) is 4. The summed E-state index contributed by atoms with van der Waals surface area (Å²) in [4.78, 5) is 32.6. The van der Waals surface area contributed by atoms with Crippen LogP contribution in [0.15, 0.2) is 12.7 Å². The molecule has 0 aromatic carbocycles. The quantitative estimate of drug-likeness (QED) is 0.284. The standard InChI is InChI=1S/C29H47ClFN7O3/c1-6-22(39)36-10-11-37(14(2)13-36)27-18-12-19(30)25-23-20(31)8-7-9-21(23)41-16(4)24-26(15(3)32-17(5)33-24)38(28(18)34-25)29(40)35-27/h6,14-21,23-28,32-34H,1,7-13H2,2-5H3,(H,35,40)/t14-,15?,16?,17?,18?,19?,20?,21?,23?,24?,25?,26?,27?,28?/m0/s1. The van der Waals surface area contributed by atoms with Gasteiger partial charge in [-0.1, -0.05) is 6.58 Å². The Morgan fingerprint density at radius 3 is 2.61 bits per heavy atom. The number of halogens is 2. The summed E-state index contributed by atoms with van der Waals surface area (Å²) in [6, 6.07) is -0.749. The Morgan fingerprint density at radius 1 is 1.10 bits per heavy atom. The van der Waals surface area contributed by atoms with Gasteiger partial charge in [0.05, 0.1) is 42.8 Å². The van der Waals surface area contributed by atoms with E-state index in [0.717, 1.165) is 12.8 Å². The maximum absolute atomic E-state index is 15.8. The van der Waals surface area contributed by atoms with Crippen LogP contribution < -0.4 is 21.3 Å². The molecule has 6 fully saturated rings. The molecule has 12 heteroatoms. The Balaban J connectivity index is 1.37. The molecule has 5 aliphatic heterocycles. The van der Waals surface area contributed by atoms with E-state index in [1.165, 1.54) is 6.08 Å². The predicted molar refractivity (Wildman–Crippen MR) is 155 cm³/mol. The van der Waals surface area contributed by atoms with Gasteiger partial charge in [-0.05, 0) is 59.5 Å². The maximum Gasteiger partial charge on any atom is 0.320 e. The number of rotatable bonds is 2. The van der Waals surface area contributed by atoms with E-state index in [2.05, 4.69) is 60.4 Å². The summed E-state index contributed by atoms with van der Waals surface area (Å²) in [5.41, 5.74) is 0. The molecule has 3 amide bonds. The van der Waals surface area contributed by atoms with Gasteiger partial charge in [0.25, 0.3) is 0 Å². The number of fused-ring (bicyclic) bond motifs is 5.